The summed E-state index contributed by atoms with van der Waals surface area (Å²) >= 11 is 0. The summed E-state index contributed by atoms with van der Waals surface area (Å²) in [6.45, 7) is 4.25. The molecule has 1 saturated carbocycles. The highest BCUT2D eigenvalue weighted by molar-refractivity contribution is 5.58. The molecule has 0 unspecified atom stereocenters. The monoisotopic (exact) mass is 287 g/mol. The molecule has 1 aromatic carbocycles. The third kappa shape index (κ3) is 3.45. The van der Waals surface area contributed by atoms with Crippen molar-refractivity contribution >= 4 is 5.69 Å². The third-order valence-electron chi connectivity index (χ3n) is 3.41. The lowest BCUT2D eigenvalue weighted by atomic mass is 10.1. The number of alkyl halides is 3. The molecule has 1 aliphatic rings. The van der Waals surface area contributed by atoms with Gasteiger partial charge in [-0.3, -0.25) is 0 Å². The van der Waals surface area contributed by atoms with Crippen LogP contribution in [0.5, 0.6) is 0 Å². The zero-order chi connectivity index (χ0) is 14.9. The number of aliphatic hydroxyl groups is 1. The standard InChI is InChI=1S/C15H20F3NO/c1-10(2)8-19(12-4-5-12)14-6-3-11(9-20)7-13(14)15(16,17)18/h3,6-7,10,12,20H,4-5,8-9H2,1-2H3. The van der Waals surface area contributed by atoms with Gasteiger partial charge >= 0.3 is 6.18 Å². The summed E-state index contributed by atoms with van der Waals surface area (Å²) in [7, 11) is 0. The van der Waals surface area contributed by atoms with Gasteiger partial charge in [0.2, 0.25) is 0 Å². The number of rotatable bonds is 5. The van der Waals surface area contributed by atoms with Gasteiger partial charge in [0.05, 0.1) is 12.2 Å². The Morgan fingerprint density at radius 2 is 1.95 bits per heavy atom. The van der Waals surface area contributed by atoms with Crippen LogP contribution < -0.4 is 4.90 Å². The van der Waals surface area contributed by atoms with Crippen LogP contribution in [0.25, 0.3) is 0 Å². The van der Waals surface area contributed by atoms with E-state index in [-0.39, 0.29) is 18.3 Å². The summed E-state index contributed by atoms with van der Waals surface area (Å²) in [4.78, 5) is 1.87. The Morgan fingerprint density at radius 3 is 2.40 bits per heavy atom. The Labute approximate surface area is 117 Å². The average Bonchev–Trinajstić information content (AvgIpc) is 3.18. The van der Waals surface area contributed by atoms with Gasteiger partial charge in [-0.1, -0.05) is 19.9 Å². The van der Waals surface area contributed by atoms with E-state index in [2.05, 4.69) is 0 Å². The van der Waals surface area contributed by atoms with Crippen LogP contribution >= 0.6 is 0 Å². The molecule has 0 heterocycles. The molecule has 0 bridgehead atoms. The van der Waals surface area contributed by atoms with Gasteiger partial charge in [-0.05, 0) is 36.5 Å². The molecule has 20 heavy (non-hydrogen) atoms. The molecule has 112 valence electrons. The second-order valence-corrected chi connectivity index (χ2v) is 5.78. The van der Waals surface area contributed by atoms with Gasteiger partial charge in [-0.15, -0.1) is 0 Å². The Morgan fingerprint density at radius 1 is 1.30 bits per heavy atom. The Hall–Kier alpha value is -1.23. The maximum atomic E-state index is 13.2. The van der Waals surface area contributed by atoms with E-state index in [1.165, 1.54) is 6.07 Å². The number of hydrogen-bond acceptors (Lipinski definition) is 2. The molecule has 1 aromatic rings. The van der Waals surface area contributed by atoms with Crippen LogP contribution in [0, 0.1) is 5.92 Å². The van der Waals surface area contributed by atoms with Crippen molar-refractivity contribution in [3.63, 3.8) is 0 Å². The molecule has 0 aliphatic heterocycles. The van der Waals surface area contributed by atoms with E-state index in [0.29, 0.717) is 18.0 Å². The summed E-state index contributed by atoms with van der Waals surface area (Å²) < 4.78 is 39.7. The number of aliphatic hydroxyl groups excluding tert-OH is 1. The molecule has 1 aliphatic carbocycles. The van der Waals surface area contributed by atoms with Gasteiger partial charge in [0.25, 0.3) is 0 Å². The minimum atomic E-state index is -4.40. The smallest absolute Gasteiger partial charge is 0.392 e. The van der Waals surface area contributed by atoms with Crippen LogP contribution in [-0.2, 0) is 12.8 Å². The van der Waals surface area contributed by atoms with Crippen molar-refractivity contribution in [1.82, 2.24) is 0 Å². The molecule has 0 aromatic heterocycles. The lowest BCUT2D eigenvalue weighted by Gasteiger charge is -2.29. The molecule has 0 saturated heterocycles. The summed E-state index contributed by atoms with van der Waals surface area (Å²) in [5.74, 6) is 0.300. The fourth-order valence-corrected chi connectivity index (χ4v) is 2.38. The SMILES string of the molecule is CC(C)CN(c1ccc(CO)cc1C(F)(F)F)C1CC1. The molecule has 1 fully saturated rings. The highest BCUT2D eigenvalue weighted by atomic mass is 19.4. The van der Waals surface area contributed by atoms with Crippen LogP contribution in [0.2, 0.25) is 0 Å². The summed E-state index contributed by atoms with van der Waals surface area (Å²) in [5, 5.41) is 9.04. The topological polar surface area (TPSA) is 23.5 Å². The van der Waals surface area contributed by atoms with Gasteiger partial charge in [-0.25, -0.2) is 0 Å². The van der Waals surface area contributed by atoms with Crippen molar-refractivity contribution in [1.29, 1.82) is 0 Å². The highest BCUT2D eigenvalue weighted by Gasteiger charge is 2.38. The molecule has 2 rings (SSSR count). The van der Waals surface area contributed by atoms with E-state index in [4.69, 9.17) is 5.11 Å². The first-order valence-electron chi connectivity index (χ1n) is 6.90. The first kappa shape index (κ1) is 15.2. The average molecular weight is 287 g/mol. The van der Waals surface area contributed by atoms with Crippen LogP contribution in [0.1, 0.15) is 37.8 Å². The highest BCUT2D eigenvalue weighted by Crippen LogP contribution is 2.41. The summed E-state index contributed by atoms with van der Waals surface area (Å²) in [5.41, 5.74) is -0.108. The van der Waals surface area contributed by atoms with Crippen molar-refractivity contribution in [2.24, 2.45) is 5.92 Å². The van der Waals surface area contributed by atoms with Gasteiger partial charge < -0.3 is 10.0 Å². The molecule has 1 N–H and O–H groups in total. The van der Waals surface area contributed by atoms with Crippen molar-refractivity contribution in [3.05, 3.63) is 29.3 Å². The molecule has 2 nitrogen and oxygen atoms in total. The zero-order valence-electron chi connectivity index (χ0n) is 11.7. The minimum absolute atomic E-state index is 0.221. The van der Waals surface area contributed by atoms with Crippen LogP contribution in [0.4, 0.5) is 18.9 Å². The van der Waals surface area contributed by atoms with Gasteiger partial charge in [0.15, 0.2) is 0 Å². The summed E-state index contributed by atoms with van der Waals surface area (Å²) in [6.07, 6.45) is -2.50. The lowest BCUT2D eigenvalue weighted by molar-refractivity contribution is -0.137. The van der Waals surface area contributed by atoms with E-state index in [0.717, 1.165) is 18.9 Å². The van der Waals surface area contributed by atoms with E-state index in [1.807, 2.05) is 18.7 Å². The van der Waals surface area contributed by atoms with E-state index in [9.17, 15) is 13.2 Å². The number of benzene rings is 1. The third-order valence-corrected chi connectivity index (χ3v) is 3.41. The number of anilines is 1. The maximum absolute atomic E-state index is 13.2. The second-order valence-electron chi connectivity index (χ2n) is 5.78. The number of nitrogens with zero attached hydrogens (tertiary/aromatic N) is 1. The van der Waals surface area contributed by atoms with Crippen LogP contribution in [0.15, 0.2) is 18.2 Å². The molecule has 0 atom stereocenters. The molecule has 0 radical (unpaired) electrons. The second kappa shape index (κ2) is 5.64. The van der Waals surface area contributed by atoms with Gasteiger partial charge in [-0.2, -0.15) is 13.2 Å². The quantitative estimate of drug-likeness (QED) is 0.890. The van der Waals surface area contributed by atoms with E-state index >= 15 is 0 Å². The van der Waals surface area contributed by atoms with Gasteiger partial charge in [0.1, 0.15) is 0 Å². The lowest BCUT2D eigenvalue weighted by Crippen LogP contribution is -2.31. The minimum Gasteiger partial charge on any atom is -0.392 e. The van der Waals surface area contributed by atoms with Crippen molar-refractivity contribution in [2.45, 2.75) is 45.5 Å². The fourth-order valence-electron chi connectivity index (χ4n) is 2.38. The summed E-state index contributed by atoms with van der Waals surface area (Å²) in [6, 6.07) is 4.35. The molecular formula is C15H20F3NO. The van der Waals surface area contributed by atoms with E-state index < -0.39 is 11.7 Å². The Bertz CT molecular complexity index is 467. The molecule has 0 spiro atoms. The van der Waals surface area contributed by atoms with Crippen LogP contribution in [-0.4, -0.2) is 17.7 Å². The largest absolute Gasteiger partial charge is 0.418 e. The fraction of sp³-hybridized carbons (Fsp3) is 0.600. The Balaban J connectivity index is 2.42. The van der Waals surface area contributed by atoms with Crippen LogP contribution in [0.3, 0.4) is 0 Å². The molecule has 0 amide bonds. The normalized spacial score (nSPS) is 15.8. The number of hydrogen-bond donors (Lipinski definition) is 1. The zero-order valence-corrected chi connectivity index (χ0v) is 11.7. The molecule has 5 heteroatoms. The predicted octanol–water partition coefficient (Wildman–Crippen LogP) is 3.82. The first-order valence-corrected chi connectivity index (χ1v) is 6.90. The first-order chi connectivity index (χ1) is 9.32. The van der Waals surface area contributed by atoms with E-state index in [1.54, 1.807) is 6.07 Å². The predicted molar refractivity (Wildman–Crippen MR) is 72.6 cm³/mol. The van der Waals surface area contributed by atoms with Gasteiger partial charge in [0, 0.05) is 18.3 Å². The van der Waals surface area contributed by atoms with Crippen molar-refractivity contribution < 1.29 is 18.3 Å². The maximum Gasteiger partial charge on any atom is 0.418 e. The number of halogens is 3. The van der Waals surface area contributed by atoms with Crippen molar-refractivity contribution in [3.8, 4) is 0 Å². The Kier molecular flexibility index (Phi) is 4.28. The molecular weight excluding hydrogens is 267 g/mol. The van der Waals surface area contributed by atoms with Crippen molar-refractivity contribution in [2.75, 3.05) is 11.4 Å².